The van der Waals surface area contributed by atoms with Gasteiger partial charge in [0.05, 0.1) is 17.3 Å². The summed E-state index contributed by atoms with van der Waals surface area (Å²) in [5, 5.41) is 14.7. The zero-order valence-electron chi connectivity index (χ0n) is 22.4. The summed E-state index contributed by atoms with van der Waals surface area (Å²) in [5.74, 6) is -1.26. The molecule has 0 unspecified atom stereocenters. The predicted molar refractivity (Wildman–Crippen MR) is 146 cm³/mol. The normalized spacial score (nSPS) is 13.9. The molecule has 3 N–H and O–H groups in total. The van der Waals surface area contributed by atoms with Crippen LogP contribution in [0.1, 0.15) is 43.5 Å². The molecule has 39 heavy (non-hydrogen) atoms. The lowest BCUT2D eigenvalue weighted by atomic mass is 9.93. The molecule has 2 radical (unpaired) electrons. The van der Waals surface area contributed by atoms with E-state index in [-0.39, 0.29) is 43.7 Å². The molecule has 2 aromatic heterocycles. The van der Waals surface area contributed by atoms with Gasteiger partial charge in [-0.05, 0) is 37.8 Å². The lowest BCUT2D eigenvalue weighted by molar-refractivity contribution is -0.131. The molecule has 0 spiro atoms. The molecule has 1 aliphatic heterocycles. The first-order valence-corrected chi connectivity index (χ1v) is 13.3. The Bertz CT molecular complexity index is 1310. The molecule has 0 aliphatic carbocycles. The van der Waals surface area contributed by atoms with Gasteiger partial charge in [-0.15, -0.1) is 0 Å². The third-order valence-corrected chi connectivity index (χ3v) is 6.65. The third kappa shape index (κ3) is 7.33. The monoisotopic (exact) mass is 536 g/mol. The number of aryl methyl sites for hydroxylation is 2. The molecule has 3 heterocycles. The van der Waals surface area contributed by atoms with Crippen molar-refractivity contribution in [3.05, 3.63) is 47.0 Å². The average Bonchev–Trinajstić information content (AvgIpc) is 3.36. The van der Waals surface area contributed by atoms with Crippen LogP contribution in [-0.2, 0) is 45.1 Å². The van der Waals surface area contributed by atoms with E-state index in [1.807, 2.05) is 24.7 Å². The van der Waals surface area contributed by atoms with Gasteiger partial charge in [0.2, 0.25) is 11.8 Å². The van der Waals surface area contributed by atoms with Crippen LogP contribution >= 0.6 is 0 Å². The van der Waals surface area contributed by atoms with Crippen LogP contribution in [0, 0.1) is 5.82 Å². The van der Waals surface area contributed by atoms with Gasteiger partial charge >= 0.3 is 0 Å². The van der Waals surface area contributed by atoms with E-state index in [4.69, 9.17) is 22.3 Å². The Labute approximate surface area is 228 Å². The molecular weight excluding hydrogens is 502 g/mol. The van der Waals surface area contributed by atoms with Crippen molar-refractivity contribution in [1.29, 1.82) is 0 Å². The first-order chi connectivity index (χ1) is 18.9. The van der Waals surface area contributed by atoms with E-state index in [0.717, 1.165) is 40.8 Å². The van der Waals surface area contributed by atoms with Gasteiger partial charge in [-0.3, -0.25) is 9.59 Å². The summed E-state index contributed by atoms with van der Waals surface area (Å²) in [6, 6.07) is 4.49. The van der Waals surface area contributed by atoms with Crippen molar-refractivity contribution in [3.63, 3.8) is 0 Å². The number of amides is 2. The number of rotatable bonds is 12. The van der Waals surface area contributed by atoms with Crippen LogP contribution in [0.15, 0.2) is 24.4 Å². The van der Waals surface area contributed by atoms with Crippen LogP contribution in [0.2, 0.25) is 0 Å². The van der Waals surface area contributed by atoms with Gasteiger partial charge in [0.15, 0.2) is 5.65 Å². The van der Waals surface area contributed by atoms with Crippen molar-refractivity contribution in [2.24, 2.45) is 0 Å². The van der Waals surface area contributed by atoms with Crippen molar-refractivity contribution < 1.29 is 23.5 Å². The molecule has 4 rings (SSSR count). The minimum Gasteiger partial charge on any atom is -0.381 e. The molecule has 0 bridgehead atoms. The van der Waals surface area contributed by atoms with E-state index in [1.54, 1.807) is 0 Å². The highest BCUT2D eigenvalue weighted by Gasteiger charge is 2.22. The van der Waals surface area contributed by atoms with Crippen LogP contribution in [0.3, 0.4) is 0 Å². The van der Waals surface area contributed by atoms with Crippen LogP contribution in [-0.4, -0.2) is 66.9 Å². The van der Waals surface area contributed by atoms with Crippen LogP contribution in [0.5, 0.6) is 0 Å². The summed E-state index contributed by atoms with van der Waals surface area (Å²) < 4.78 is 26.0. The Morgan fingerprint density at radius 1 is 1.15 bits per heavy atom. The van der Waals surface area contributed by atoms with E-state index >= 15 is 0 Å². The SMILES string of the molecule is [B]c1cc(CNC(=O)COCC(=O)NCc2c(CC)nc3c(cnn3CC)c2NC2CCOCC2)ccc1F. The van der Waals surface area contributed by atoms with Crippen molar-refractivity contribution in [2.75, 3.05) is 31.7 Å². The summed E-state index contributed by atoms with van der Waals surface area (Å²) in [5.41, 5.74) is 4.22. The number of nitrogens with one attached hydrogen (secondary N) is 3. The maximum Gasteiger partial charge on any atom is 0.246 e. The van der Waals surface area contributed by atoms with Gasteiger partial charge in [0, 0.05) is 50.1 Å². The zero-order valence-corrected chi connectivity index (χ0v) is 22.4. The van der Waals surface area contributed by atoms with Gasteiger partial charge in [-0.1, -0.05) is 24.5 Å². The highest BCUT2D eigenvalue weighted by molar-refractivity contribution is 6.32. The van der Waals surface area contributed by atoms with E-state index in [1.165, 1.54) is 18.2 Å². The standard InChI is InChI=1S/C27H34BFN6O4/c1-3-23-19(26(33-18-7-9-38-10-8-18)20-14-32-35(4-2)27(20)34-23)13-31-25(37)16-39-15-24(36)30-12-17-5-6-22(29)21(28)11-17/h5-6,11,14,18H,3-4,7-10,12-13,15-16H2,1-2H3,(H,30,36)(H,31,37)(H,33,34). The molecule has 1 aromatic carbocycles. The fourth-order valence-corrected chi connectivity index (χ4v) is 4.53. The van der Waals surface area contributed by atoms with Crippen LogP contribution < -0.4 is 21.4 Å². The number of carbonyl (C=O) groups excluding carboxylic acids is 2. The Morgan fingerprint density at radius 2 is 1.87 bits per heavy atom. The Hall–Kier alpha value is -3.51. The summed E-state index contributed by atoms with van der Waals surface area (Å²) in [6.45, 7) is 6.04. The van der Waals surface area contributed by atoms with Gasteiger partial charge in [-0.2, -0.15) is 5.10 Å². The number of pyridine rings is 1. The second-order valence-corrected chi connectivity index (χ2v) is 9.40. The summed E-state index contributed by atoms with van der Waals surface area (Å²) in [7, 11) is 5.55. The van der Waals surface area contributed by atoms with Crippen molar-refractivity contribution in [3.8, 4) is 0 Å². The summed E-state index contributed by atoms with van der Waals surface area (Å²) >= 11 is 0. The lowest BCUT2D eigenvalue weighted by Crippen LogP contribution is -2.33. The van der Waals surface area contributed by atoms with E-state index < -0.39 is 11.7 Å². The molecule has 0 saturated carbocycles. The number of fused-ring (bicyclic) bond motifs is 1. The summed E-state index contributed by atoms with van der Waals surface area (Å²) in [6.07, 6.45) is 4.29. The molecule has 10 nitrogen and oxygen atoms in total. The van der Waals surface area contributed by atoms with E-state index in [0.29, 0.717) is 31.7 Å². The maximum absolute atomic E-state index is 13.3. The highest BCUT2D eigenvalue weighted by Crippen LogP contribution is 2.31. The molecule has 1 aliphatic rings. The number of hydrogen-bond donors (Lipinski definition) is 3. The van der Waals surface area contributed by atoms with Gasteiger partial charge in [0.25, 0.3) is 0 Å². The molecular formula is C27H34BFN6O4. The highest BCUT2D eigenvalue weighted by atomic mass is 19.1. The number of carbonyl (C=O) groups is 2. The van der Waals surface area contributed by atoms with E-state index in [2.05, 4.69) is 21.0 Å². The van der Waals surface area contributed by atoms with Gasteiger partial charge < -0.3 is 25.4 Å². The second-order valence-electron chi connectivity index (χ2n) is 9.40. The predicted octanol–water partition coefficient (Wildman–Crippen LogP) is 1.49. The number of ether oxygens (including phenoxy) is 2. The minimum absolute atomic E-state index is 0.0144. The van der Waals surface area contributed by atoms with Gasteiger partial charge in [-0.25, -0.2) is 14.1 Å². The molecule has 12 heteroatoms. The molecule has 2 amide bonds. The number of nitrogens with zero attached hydrogens (tertiary/aromatic N) is 3. The first kappa shape index (κ1) is 28.5. The quantitative estimate of drug-likeness (QED) is 0.300. The Balaban J connectivity index is 1.35. The average molecular weight is 536 g/mol. The molecule has 206 valence electrons. The second kappa shape index (κ2) is 13.5. The number of hydrogen-bond acceptors (Lipinski definition) is 7. The number of halogens is 1. The molecule has 0 atom stereocenters. The number of benzene rings is 1. The van der Waals surface area contributed by atoms with E-state index in [9.17, 15) is 14.0 Å². The minimum atomic E-state index is -0.510. The van der Waals surface area contributed by atoms with Crippen LogP contribution in [0.25, 0.3) is 11.0 Å². The fraction of sp³-hybridized carbons (Fsp3) is 0.481. The molecule has 1 fully saturated rings. The molecule has 3 aromatic rings. The smallest absolute Gasteiger partial charge is 0.246 e. The van der Waals surface area contributed by atoms with Crippen molar-refractivity contribution >= 4 is 41.8 Å². The Kier molecular flexibility index (Phi) is 9.88. The van der Waals surface area contributed by atoms with Crippen molar-refractivity contribution in [2.45, 2.75) is 58.8 Å². The largest absolute Gasteiger partial charge is 0.381 e. The van der Waals surface area contributed by atoms with Crippen molar-refractivity contribution in [1.82, 2.24) is 25.4 Å². The Morgan fingerprint density at radius 3 is 2.54 bits per heavy atom. The topological polar surface area (TPSA) is 119 Å². The molecule has 1 saturated heterocycles. The zero-order chi connectivity index (χ0) is 27.8. The number of aromatic nitrogens is 3. The third-order valence-electron chi connectivity index (χ3n) is 6.65. The number of anilines is 1. The lowest BCUT2D eigenvalue weighted by Gasteiger charge is -2.26. The maximum atomic E-state index is 13.3. The van der Waals surface area contributed by atoms with Crippen LogP contribution in [0.4, 0.5) is 10.1 Å². The first-order valence-electron chi connectivity index (χ1n) is 13.3. The van der Waals surface area contributed by atoms with Gasteiger partial charge in [0.1, 0.15) is 26.9 Å². The fourth-order valence-electron chi connectivity index (χ4n) is 4.53. The summed E-state index contributed by atoms with van der Waals surface area (Å²) in [4.78, 5) is 29.5.